The Morgan fingerprint density at radius 3 is 2.38 bits per heavy atom. The van der Waals surface area contributed by atoms with Crippen LogP contribution in [-0.4, -0.2) is 33.8 Å². The van der Waals surface area contributed by atoms with Crippen LogP contribution >= 0.6 is 11.3 Å². The molecule has 0 unspecified atom stereocenters. The predicted molar refractivity (Wildman–Crippen MR) is 96.3 cm³/mol. The number of carbonyl (C=O) groups excluding carboxylic acids is 1. The third-order valence-corrected chi connectivity index (χ3v) is 7.41. The Hall–Kier alpha value is -1.67. The van der Waals surface area contributed by atoms with Gasteiger partial charge in [0.2, 0.25) is 5.91 Å². The number of carbonyl (C=O) groups is 2. The molecule has 0 aromatic carbocycles. The molecule has 4 aliphatic rings. The highest BCUT2D eigenvalue weighted by Crippen LogP contribution is 2.61. The molecule has 1 heterocycles. The lowest BCUT2D eigenvalue weighted by Gasteiger charge is -2.57. The molecular weight excluding hydrogens is 354 g/mol. The van der Waals surface area contributed by atoms with E-state index >= 15 is 0 Å². The first-order valence-corrected chi connectivity index (χ1v) is 10.2. The topological polar surface area (TPSA) is 103 Å². The summed E-state index contributed by atoms with van der Waals surface area (Å²) < 4.78 is 0. The molecule has 4 aliphatic carbocycles. The molecule has 2 amide bonds. The molecule has 1 aromatic heterocycles. The lowest BCUT2D eigenvalue weighted by molar-refractivity contribution is -0.128. The maximum atomic E-state index is 11.8. The van der Waals surface area contributed by atoms with E-state index in [2.05, 4.69) is 4.98 Å². The second kappa shape index (κ2) is 6.81. The van der Waals surface area contributed by atoms with Crippen molar-refractivity contribution in [2.45, 2.75) is 51.4 Å². The smallest absolute Gasteiger partial charge is 0.413 e. The summed E-state index contributed by atoms with van der Waals surface area (Å²) in [5.41, 5.74) is 2.36. The number of thiazole rings is 1. The molecule has 8 heteroatoms. The first-order valence-electron chi connectivity index (χ1n) is 9.34. The number of carboxylic acid groups (broad SMARTS) is 1. The Bertz CT molecular complexity index is 669. The second-order valence-electron chi connectivity index (χ2n) is 8.43. The summed E-state index contributed by atoms with van der Waals surface area (Å²) in [7, 11) is 0. The number of hydroxylamine groups is 1. The van der Waals surface area contributed by atoms with Crippen LogP contribution < -0.4 is 10.4 Å². The van der Waals surface area contributed by atoms with Gasteiger partial charge >= 0.3 is 6.09 Å². The fraction of sp³-hybridized carbons (Fsp3) is 0.722. The van der Waals surface area contributed by atoms with Gasteiger partial charge in [-0.1, -0.05) is 0 Å². The van der Waals surface area contributed by atoms with E-state index in [-0.39, 0.29) is 6.42 Å². The summed E-state index contributed by atoms with van der Waals surface area (Å²) in [6.45, 7) is 0.459. The van der Waals surface area contributed by atoms with E-state index in [1.54, 1.807) is 10.9 Å². The maximum absolute atomic E-state index is 11.8. The first kappa shape index (κ1) is 17.7. The second-order valence-corrected chi connectivity index (χ2v) is 9.27. The maximum Gasteiger partial charge on any atom is 0.413 e. The van der Waals surface area contributed by atoms with Gasteiger partial charge in [-0.05, 0) is 68.1 Å². The fourth-order valence-electron chi connectivity index (χ4n) is 5.92. The minimum Gasteiger partial charge on any atom is -0.465 e. The molecule has 0 atom stereocenters. The van der Waals surface area contributed by atoms with Crippen LogP contribution in [0.1, 0.15) is 50.6 Å². The number of anilines is 1. The van der Waals surface area contributed by atoms with Crippen molar-refractivity contribution < 1.29 is 19.9 Å². The zero-order chi connectivity index (χ0) is 18.3. The van der Waals surface area contributed by atoms with Crippen LogP contribution in [0.3, 0.4) is 0 Å². The first-order chi connectivity index (χ1) is 12.5. The molecule has 0 saturated heterocycles. The van der Waals surface area contributed by atoms with Crippen molar-refractivity contribution in [3.05, 3.63) is 11.1 Å². The van der Waals surface area contributed by atoms with Gasteiger partial charge in [-0.3, -0.25) is 14.9 Å². The van der Waals surface area contributed by atoms with Crippen LogP contribution in [0.5, 0.6) is 0 Å². The number of amides is 2. The van der Waals surface area contributed by atoms with E-state index in [1.165, 1.54) is 54.8 Å². The Labute approximate surface area is 156 Å². The van der Waals surface area contributed by atoms with Crippen molar-refractivity contribution >= 4 is 28.5 Å². The van der Waals surface area contributed by atoms with E-state index < -0.39 is 12.0 Å². The van der Waals surface area contributed by atoms with Gasteiger partial charge in [0.25, 0.3) is 0 Å². The van der Waals surface area contributed by atoms with Gasteiger partial charge in [-0.15, -0.1) is 11.3 Å². The van der Waals surface area contributed by atoms with Gasteiger partial charge in [-0.2, -0.15) is 0 Å². The average Bonchev–Trinajstić information content (AvgIpc) is 3.01. The van der Waals surface area contributed by atoms with E-state index in [9.17, 15) is 14.7 Å². The van der Waals surface area contributed by atoms with Crippen LogP contribution in [0, 0.1) is 23.2 Å². The molecule has 3 N–H and O–H groups in total. The quantitative estimate of drug-likeness (QED) is 0.520. The number of hydrogen-bond acceptors (Lipinski definition) is 5. The molecule has 0 spiro atoms. The predicted octanol–water partition coefficient (Wildman–Crippen LogP) is 3.28. The van der Waals surface area contributed by atoms with Crippen molar-refractivity contribution in [1.29, 1.82) is 0 Å². The van der Waals surface area contributed by atoms with Gasteiger partial charge in [-0.25, -0.2) is 15.3 Å². The van der Waals surface area contributed by atoms with Gasteiger partial charge < -0.3 is 5.11 Å². The van der Waals surface area contributed by atoms with Gasteiger partial charge in [0, 0.05) is 11.9 Å². The Balaban J connectivity index is 1.43. The van der Waals surface area contributed by atoms with E-state index in [0.29, 0.717) is 22.8 Å². The molecule has 7 nitrogen and oxygen atoms in total. The van der Waals surface area contributed by atoms with Gasteiger partial charge in [0.15, 0.2) is 5.13 Å². The number of aromatic nitrogens is 1. The van der Waals surface area contributed by atoms with E-state index in [1.807, 2.05) is 0 Å². The number of hydrogen-bond donors (Lipinski definition) is 3. The summed E-state index contributed by atoms with van der Waals surface area (Å²) in [5, 5.41) is 20.3. The van der Waals surface area contributed by atoms with Crippen LogP contribution in [-0.2, 0) is 11.2 Å². The number of nitrogens with one attached hydrogen (secondary N) is 1. The number of nitrogens with zero attached hydrogens (tertiary/aromatic N) is 2. The summed E-state index contributed by atoms with van der Waals surface area (Å²) >= 11 is 1.23. The third-order valence-electron chi connectivity index (χ3n) is 6.50. The molecule has 4 saturated carbocycles. The fourth-order valence-corrected chi connectivity index (χ4v) is 6.77. The largest absolute Gasteiger partial charge is 0.465 e. The minimum absolute atomic E-state index is 0.0601. The Morgan fingerprint density at radius 1 is 1.23 bits per heavy atom. The van der Waals surface area contributed by atoms with E-state index in [0.717, 1.165) is 24.2 Å². The molecule has 0 aliphatic heterocycles. The Kier molecular flexibility index (Phi) is 4.64. The van der Waals surface area contributed by atoms with Crippen molar-refractivity contribution in [1.82, 2.24) is 10.5 Å². The Morgan fingerprint density at radius 2 is 1.85 bits per heavy atom. The molecule has 142 valence electrons. The normalized spacial score (nSPS) is 31.8. The lowest BCUT2D eigenvalue weighted by atomic mass is 9.49. The number of rotatable bonds is 6. The van der Waals surface area contributed by atoms with E-state index in [4.69, 9.17) is 5.21 Å². The molecule has 26 heavy (non-hydrogen) atoms. The molecular formula is C18H25N3O4S. The van der Waals surface area contributed by atoms with Crippen LogP contribution in [0.4, 0.5) is 9.93 Å². The lowest BCUT2D eigenvalue weighted by Crippen LogP contribution is -2.47. The van der Waals surface area contributed by atoms with Crippen LogP contribution in [0.15, 0.2) is 5.38 Å². The molecule has 4 fully saturated rings. The highest BCUT2D eigenvalue weighted by atomic mass is 32.1. The van der Waals surface area contributed by atoms with Crippen LogP contribution in [0.25, 0.3) is 0 Å². The molecule has 5 rings (SSSR count). The summed E-state index contributed by atoms with van der Waals surface area (Å²) in [5.74, 6) is 1.99. The summed E-state index contributed by atoms with van der Waals surface area (Å²) in [6, 6.07) is 0. The average molecular weight is 379 g/mol. The zero-order valence-electron chi connectivity index (χ0n) is 14.7. The highest BCUT2D eigenvalue weighted by molar-refractivity contribution is 7.14. The molecule has 4 bridgehead atoms. The molecule has 0 radical (unpaired) electrons. The van der Waals surface area contributed by atoms with Crippen LogP contribution in [0.2, 0.25) is 0 Å². The van der Waals surface area contributed by atoms with Gasteiger partial charge in [0.05, 0.1) is 12.1 Å². The zero-order valence-corrected chi connectivity index (χ0v) is 15.5. The summed E-state index contributed by atoms with van der Waals surface area (Å²) in [6.07, 6.45) is 7.75. The van der Waals surface area contributed by atoms with Crippen molar-refractivity contribution in [3.63, 3.8) is 0 Å². The standard InChI is InChI=1S/C18H25N3O4S/c22-15(20-25)6-14-10-26-16(19-14)21(17(23)24)2-1-18-7-11-3-12(8-18)5-13(4-11)9-18/h10-13,25H,1-9H2,(H,20,22)(H,23,24). The monoisotopic (exact) mass is 379 g/mol. The minimum atomic E-state index is -0.998. The highest BCUT2D eigenvalue weighted by Gasteiger charge is 2.50. The SMILES string of the molecule is O=C(Cc1csc(N(CCC23CC4CC(CC(C4)C2)C3)C(=O)O)n1)NO. The van der Waals surface area contributed by atoms with Gasteiger partial charge in [0.1, 0.15) is 0 Å². The van der Waals surface area contributed by atoms with Crippen molar-refractivity contribution in [3.8, 4) is 0 Å². The van der Waals surface area contributed by atoms with Crippen molar-refractivity contribution in [2.75, 3.05) is 11.4 Å². The summed E-state index contributed by atoms with van der Waals surface area (Å²) in [4.78, 5) is 28.6. The molecule has 1 aromatic rings. The van der Waals surface area contributed by atoms with Crippen molar-refractivity contribution in [2.24, 2.45) is 23.2 Å². The third kappa shape index (κ3) is 3.44.